The molecular formula is C27H26F2N4O5S. The molecule has 204 valence electrons. The van der Waals surface area contributed by atoms with Gasteiger partial charge in [-0.15, -0.1) is 13.1 Å². The van der Waals surface area contributed by atoms with Gasteiger partial charge in [0.15, 0.2) is 16.4 Å². The summed E-state index contributed by atoms with van der Waals surface area (Å²) in [6, 6.07) is 16.7. The second kappa shape index (κ2) is 9.42. The van der Waals surface area contributed by atoms with Crippen LogP contribution >= 0.6 is 0 Å². The molecule has 0 radical (unpaired) electrons. The second-order valence-corrected chi connectivity index (χ2v) is 11.4. The first kappa shape index (κ1) is 26.0. The SMILES string of the molecule is NC1(CO)CCCN1[S+]([O-])c1ccc(-c2cccc(NC(=O)C3(c4ccc5c(c4)OC(F)(F)O5)CC3)n2)cc1. The van der Waals surface area contributed by atoms with E-state index >= 15 is 0 Å². The quantitative estimate of drug-likeness (QED) is 0.377. The molecule has 2 unspecified atom stereocenters. The van der Waals surface area contributed by atoms with Crippen LogP contribution < -0.4 is 20.5 Å². The normalized spacial score (nSPS) is 23.4. The molecule has 0 spiro atoms. The highest BCUT2D eigenvalue weighted by Crippen LogP contribution is 2.52. The molecule has 4 N–H and O–H groups in total. The van der Waals surface area contributed by atoms with Crippen molar-refractivity contribution in [1.29, 1.82) is 0 Å². The van der Waals surface area contributed by atoms with Crippen LogP contribution in [0.3, 0.4) is 0 Å². The monoisotopic (exact) mass is 556 g/mol. The van der Waals surface area contributed by atoms with Crippen LogP contribution in [0.2, 0.25) is 0 Å². The van der Waals surface area contributed by atoms with E-state index in [1.807, 2.05) is 0 Å². The zero-order valence-electron chi connectivity index (χ0n) is 20.7. The zero-order chi connectivity index (χ0) is 27.4. The molecule has 1 saturated heterocycles. The number of nitrogens with two attached hydrogens (primary N) is 1. The summed E-state index contributed by atoms with van der Waals surface area (Å²) in [7, 11) is 0. The Kier molecular flexibility index (Phi) is 6.27. The number of hydrogen-bond donors (Lipinski definition) is 3. The van der Waals surface area contributed by atoms with E-state index in [1.54, 1.807) is 52.8 Å². The molecule has 9 nitrogen and oxygen atoms in total. The highest BCUT2D eigenvalue weighted by Gasteiger charge is 2.53. The number of carbonyl (C=O) groups excluding carboxylic acids is 1. The number of aliphatic hydroxyl groups is 1. The molecule has 2 aromatic carbocycles. The lowest BCUT2D eigenvalue weighted by atomic mass is 9.94. The van der Waals surface area contributed by atoms with E-state index in [2.05, 4.69) is 19.8 Å². The summed E-state index contributed by atoms with van der Waals surface area (Å²) in [5.74, 6) is -0.111. The van der Waals surface area contributed by atoms with Crippen LogP contribution in [0, 0.1) is 0 Å². The van der Waals surface area contributed by atoms with Crippen molar-refractivity contribution < 1.29 is 32.7 Å². The van der Waals surface area contributed by atoms with E-state index < -0.39 is 28.7 Å². The average Bonchev–Trinajstić information content (AvgIpc) is 3.56. The Balaban J connectivity index is 1.16. The van der Waals surface area contributed by atoms with Crippen molar-refractivity contribution in [3.63, 3.8) is 0 Å². The Hall–Kier alpha value is -3.29. The third kappa shape index (κ3) is 4.72. The van der Waals surface area contributed by atoms with E-state index in [4.69, 9.17) is 5.73 Å². The highest BCUT2D eigenvalue weighted by atomic mass is 32.2. The number of nitrogens with zero attached hydrogens (tertiary/aromatic N) is 2. The molecule has 3 heterocycles. The minimum Gasteiger partial charge on any atom is -0.593 e. The number of alkyl halides is 2. The van der Waals surface area contributed by atoms with Gasteiger partial charge >= 0.3 is 6.29 Å². The second-order valence-electron chi connectivity index (χ2n) is 10.0. The molecule has 0 bridgehead atoms. The molecule has 2 aliphatic heterocycles. The van der Waals surface area contributed by atoms with E-state index in [-0.39, 0.29) is 24.0 Å². The first-order chi connectivity index (χ1) is 18.6. The lowest BCUT2D eigenvalue weighted by molar-refractivity contribution is -0.286. The summed E-state index contributed by atoms with van der Waals surface area (Å²) >= 11 is -1.52. The van der Waals surface area contributed by atoms with Crippen LogP contribution in [-0.2, 0) is 21.6 Å². The number of amides is 1. The van der Waals surface area contributed by atoms with Crippen LogP contribution in [0.1, 0.15) is 31.2 Å². The van der Waals surface area contributed by atoms with Gasteiger partial charge in [0.2, 0.25) is 5.91 Å². The third-order valence-corrected chi connectivity index (χ3v) is 9.04. The highest BCUT2D eigenvalue weighted by molar-refractivity contribution is 7.89. The van der Waals surface area contributed by atoms with Crippen molar-refractivity contribution >= 4 is 23.1 Å². The lowest BCUT2D eigenvalue weighted by Gasteiger charge is -2.32. The van der Waals surface area contributed by atoms with Gasteiger partial charge in [-0.25, -0.2) is 4.98 Å². The number of rotatable bonds is 7. The Morgan fingerprint density at radius 2 is 1.85 bits per heavy atom. The smallest absolute Gasteiger partial charge is 0.586 e. The molecule has 39 heavy (non-hydrogen) atoms. The topological polar surface area (TPSA) is 133 Å². The molecule has 1 saturated carbocycles. The van der Waals surface area contributed by atoms with E-state index in [0.717, 1.165) is 12.0 Å². The van der Waals surface area contributed by atoms with Crippen molar-refractivity contribution in [3.05, 3.63) is 66.2 Å². The lowest BCUT2D eigenvalue weighted by Crippen LogP contribution is -2.56. The van der Waals surface area contributed by atoms with Gasteiger partial charge < -0.3 is 30.2 Å². The Morgan fingerprint density at radius 1 is 1.10 bits per heavy atom. The van der Waals surface area contributed by atoms with Gasteiger partial charge in [0.1, 0.15) is 11.5 Å². The summed E-state index contributed by atoms with van der Waals surface area (Å²) in [6.07, 6.45) is -1.27. The number of benzene rings is 2. The number of aliphatic hydroxyl groups excluding tert-OH is 1. The largest absolute Gasteiger partial charge is 0.593 e. The van der Waals surface area contributed by atoms with Crippen LogP contribution in [0.15, 0.2) is 65.6 Å². The Morgan fingerprint density at radius 3 is 2.56 bits per heavy atom. The van der Waals surface area contributed by atoms with E-state index in [1.165, 1.54) is 12.1 Å². The fraction of sp³-hybridized carbons (Fsp3) is 0.333. The number of pyridine rings is 1. The van der Waals surface area contributed by atoms with Gasteiger partial charge in [0.25, 0.3) is 0 Å². The van der Waals surface area contributed by atoms with Gasteiger partial charge in [0, 0.05) is 12.1 Å². The minimum absolute atomic E-state index is 0.0691. The molecule has 1 aromatic heterocycles. The number of hydrogen-bond acceptors (Lipinski definition) is 8. The van der Waals surface area contributed by atoms with Gasteiger partial charge in [-0.05, 0) is 79.8 Å². The standard InChI is InChI=1S/C27H26F2N4O5S/c28-27(29)37-21-10-7-18(15-22(21)38-27)25(12-13-25)24(35)32-23-4-1-3-20(31-23)17-5-8-19(9-6-17)39(36)33-14-2-11-26(33,30)16-34/h1,3-10,15,34H,2,11-14,16,30H2,(H,31,32,35). The maximum absolute atomic E-state index is 13.4. The molecule has 3 aromatic rings. The Labute approximate surface area is 226 Å². The first-order valence-corrected chi connectivity index (χ1v) is 13.6. The maximum Gasteiger partial charge on any atom is 0.586 e. The summed E-state index contributed by atoms with van der Waals surface area (Å²) in [5, 5.41) is 12.5. The zero-order valence-corrected chi connectivity index (χ0v) is 21.5. The molecule has 6 rings (SSSR count). The van der Waals surface area contributed by atoms with Crippen molar-refractivity contribution in [2.24, 2.45) is 5.73 Å². The summed E-state index contributed by atoms with van der Waals surface area (Å²) < 4.78 is 50.5. The summed E-state index contributed by atoms with van der Waals surface area (Å²) in [6.45, 7) is 0.264. The fourth-order valence-corrected chi connectivity index (χ4v) is 6.47. The van der Waals surface area contributed by atoms with Crippen molar-refractivity contribution in [1.82, 2.24) is 9.29 Å². The first-order valence-electron chi connectivity index (χ1n) is 12.5. The molecule has 2 atom stereocenters. The number of anilines is 1. The predicted octanol–water partition coefficient (Wildman–Crippen LogP) is 3.51. The maximum atomic E-state index is 13.4. The third-order valence-electron chi connectivity index (χ3n) is 7.42. The van der Waals surface area contributed by atoms with Crippen LogP contribution in [0.4, 0.5) is 14.6 Å². The van der Waals surface area contributed by atoms with Gasteiger partial charge in [0.05, 0.1) is 29.1 Å². The Bertz CT molecular complexity index is 1420. The molecule has 3 aliphatic rings. The van der Waals surface area contributed by atoms with E-state index in [0.29, 0.717) is 47.8 Å². The summed E-state index contributed by atoms with van der Waals surface area (Å²) in [4.78, 5) is 18.4. The fourth-order valence-electron chi connectivity index (χ4n) is 5.07. The van der Waals surface area contributed by atoms with Crippen molar-refractivity contribution in [2.75, 3.05) is 18.5 Å². The van der Waals surface area contributed by atoms with Crippen LogP contribution in [-0.4, -0.2) is 50.0 Å². The molecule has 12 heteroatoms. The molecule has 1 amide bonds. The van der Waals surface area contributed by atoms with Crippen LogP contribution in [0.5, 0.6) is 11.5 Å². The van der Waals surface area contributed by atoms with Gasteiger partial charge in [-0.3, -0.25) is 4.79 Å². The molecule has 2 fully saturated rings. The van der Waals surface area contributed by atoms with E-state index in [9.17, 15) is 23.2 Å². The number of aromatic nitrogens is 1. The van der Waals surface area contributed by atoms with Crippen LogP contribution in [0.25, 0.3) is 11.3 Å². The number of fused-ring (bicyclic) bond motifs is 1. The number of carbonyl (C=O) groups is 1. The molecular weight excluding hydrogens is 530 g/mol. The molecule has 1 aliphatic carbocycles. The number of halogens is 2. The predicted molar refractivity (Wildman–Crippen MR) is 138 cm³/mol. The van der Waals surface area contributed by atoms with Crippen molar-refractivity contribution in [2.45, 2.75) is 48.0 Å². The van der Waals surface area contributed by atoms with Gasteiger partial charge in [-0.1, -0.05) is 12.1 Å². The number of ether oxygens (including phenoxy) is 2. The number of nitrogens with one attached hydrogen (secondary N) is 1. The minimum atomic E-state index is -3.72. The average molecular weight is 557 g/mol. The summed E-state index contributed by atoms with van der Waals surface area (Å²) in [5.41, 5.74) is 6.29. The van der Waals surface area contributed by atoms with Crippen molar-refractivity contribution in [3.8, 4) is 22.8 Å². The van der Waals surface area contributed by atoms with Gasteiger partial charge in [-0.2, -0.15) is 0 Å².